The van der Waals surface area contributed by atoms with Crippen molar-refractivity contribution >= 4 is 16.7 Å². The lowest BCUT2D eigenvalue weighted by Crippen LogP contribution is -2.34. The summed E-state index contributed by atoms with van der Waals surface area (Å²) in [5, 5.41) is 13.2. The normalized spacial score (nSPS) is 19.4. The van der Waals surface area contributed by atoms with E-state index < -0.39 is 12.5 Å². The first-order valence-electron chi connectivity index (χ1n) is 12.2. The summed E-state index contributed by atoms with van der Waals surface area (Å²) >= 11 is 0. The molecule has 1 aliphatic rings. The van der Waals surface area contributed by atoms with Gasteiger partial charge in [-0.2, -0.15) is 8.78 Å². The van der Waals surface area contributed by atoms with Crippen LogP contribution in [-0.4, -0.2) is 59.4 Å². The van der Waals surface area contributed by atoms with Gasteiger partial charge in [-0.05, 0) is 58.4 Å². The molecule has 1 aliphatic heterocycles. The maximum absolute atomic E-state index is 14.0. The van der Waals surface area contributed by atoms with E-state index in [1.165, 1.54) is 12.1 Å². The average Bonchev–Trinajstić information content (AvgIpc) is 3.19. The Morgan fingerprint density at radius 3 is 2.64 bits per heavy atom. The predicted octanol–water partition coefficient (Wildman–Crippen LogP) is 5.07. The second-order valence-corrected chi connectivity index (χ2v) is 9.55. The van der Waals surface area contributed by atoms with Gasteiger partial charge in [0.15, 0.2) is 11.5 Å². The number of benzene rings is 2. The number of alkyl halides is 2. The second-order valence-electron chi connectivity index (χ2n) is 9.55. The molecular formula is C27H34F2N4O3. The fourth-order valence-corrected chi connectivity index (χ4v) is 4.64. The third-order valence-corrected chi connectivity index (χ3v) is 7.07. The third-order valence-electron chi connectivity index (χ3n) is 7.07. The maximum Gasteiger partial charge on any atom is 0.295 e. The van der Waals surface area contributed by atoms with Gasteiger partial charge in [-0.1, -0.05) is 18.2 Å². The Labute approximate surface area is 210 Å². The number of aromatic nitrogens is 2. The van der Waals surface area contributed by atoms with E-state index in [9.17, 15) is 8.78 Å². The highest BCUT2D eigenvalue weighted by atomic mass is 19.3. The number of nitrogens with zero attached hydrogens (tertiary/aromatic N) is 3. The van der Waals surface area contributed by atoms with Crippen LogP contribution in [0.4, 0.5) is 14.6 Å². The SMILES string of the molecule is COc1cc2nc(C)nc(N[C@H](C)c3cccc(C(F)(F)CO)c3)c2cc1OC[C@@H]1CC[C@@H](C)N1C. The molecule has 9 heteroatoms. The van der Waals surface area contributed by atoms with Crippen molar-refractivity contribution in [3.8, 4) is 11.5 Å². The molecule has 2 heterocycles. The molecule has 2 aromatic carbocycles. The number of aryl methyl sites for hydroxylation is 1. The standard InChI is InChI=1S/C27H34F2N4O3/c1-16-9-10-21(33(16)4)14-36-25-12-22-23(13-24(25)35-5)31-18(3)32-26(22)30-17(2)19-7-6-8-20(11-19)27(28,29)15-34/h6-8,11-13,16-17,21,34H,9-10,14-15H2,1-5H3,(H,30,31,32)/t16-,17-,21+/m1/s1. The minimum absolute atomic E-state index is 0.230. The molecule has 194 valence electrons. The van der Waals surface area contributed by atoms with E-state index in [4.69, 9.17) is 14.6 Å². The third kappa shape index (κ3) is 5.37. The fourth-order valence-electron chi connectivity index (χ4n) is 4.64. The topological polar surface area (TPSA) is 79.7 Å². The molecule has 3 aromatic rings. The highest BCUT2D eigenvalue weighted by Gasteiger charge is 2.31. The molecule has 0 saturated carbocycles. The van der Waals surface area contributed by atoms with Crippen molar-refractivity contribution < 1.29 is 23.4 Å². The van der Waals surface area contributed by atoms with Crippen molar-refractivity contribution in [1.82, 2.24) is 14.9 Å². The van der Waals surface area contributed by atoms with E-state index in [0.717, 1.165) is 18.2 Å². The molecule has 0 radical (unpaired) electrons. The van der Waals surface area contributed by atoms with Crippen LogP contribution in [0.3, 0.4) is 0 Å². The van der Waals surface area contributed by atoms with Crippen molar-refractivity contribution in [3.63, 3.8) is 0 Å². The molecule has 7 nitrogen and oxygen atoms in total. The molecule has 1 saturated heterocycles. The smallest absolute Gasteiger partial charge is 0.295 e. The molecule has 4 rings (SSSR count). The highest BCUT2D eigenvalue weighted by molar-refractivity contribution is 5.92. The lowest BCUT2D eigenvalue weighted by Gasteiger charge is -2.24. The molecule has 1 fully saturated rings. The zero-order chi connectivity index (χ0) is 26.0. The molecule has 2 N–H and O–H groups in total. The van der Waals surface area contributed by atoms with Gasteiger partial charge in [-0.3, -0.25) is 4.90 Å². The monoisotopic (exact) mass is 500 g/mol. The zero-order valence-corrected chi connectivity index (χ0v) is 21.4. The number of hydrogen-bond donors (Lipinski definition) is 2. The Bertz CT molecular complexity index is 1220. The number of anilines is 1. The summed E-state index contributed by atoms with van der Waals surface area (Å²) in [6.45, 7) is 5.19. The van der Waals surface area contributed by atoms with Crippen molar-refractivity contribution in [2.75, 3.05) is 32.7 Å². The van der Waals surface area contributed by atoms with Crippen LogP contribution in [-0.2, 0) is 5.92 Å². The lowest BCUT2D eigenvalue weighted by molar-refractivity contribution is -0.0556. The van der Waals surface area contributed by atoms with Gasteiger partial charge in [0.05, 0.1) is 12.6 Å². The number of rotatable bonds is 9. The van der Waals surface area contributed by atoms with Crippen LogP contribution in [0.25, 0.3) is 10.9 Å². The molecular weight excluding hydrogens is 466 g/mol. The van der Waals surface area contributed by atoms with Gasteiger partial charge in [0.1, 0.15) is 24.9 Å². The van der Waals surface area contributed by atoms with Gasteiger partial charge >= 0.3 is 0 Å². The van der Waals surface area contributed by atoms with Gasteiger partial charge < -0.3 is 19.9 Å². The van der Waals surface area contributed by atoms with Gasteiger partial charge in [-0.15, -0.1) is 0 Å². The Morgan fingerprint density at radius 1 is 1.19 bits per heavy atom. The number of methoxy groups -OCH3 is 1. The molecule has 0 amide bonds. The first-order chi connectivity index (χ1) is 17.1. The zero-order valence-electron chi connectivity index (χ0n) is 21.4. The number of ether oxygens (including phenoxy) is 2. The number of fused-ring (bicyclic) bond motifs is 1. The van der Waals surface area contributed by atoms with E-state index in [-0.39, 0.29) is 11.6 Å². The Balaban J connectivity index is 1.64. The Hall–Kier alpha value is -3.04. The fraction of sp³-hybridized carbons (Fsp3) is 0.481. The number of likely N-dealkylation sites (N-methyl/N-ethyl adjacent to an activating group) is 1. The van der Waals surface area contributed by atoms with Crippen molar-refractivity contribution in [2.45, 2.75) is 57.7 Å². The van der Waals surface area contributed by atoms with Crippen molar-refractivity contribution in [3.05, 3.63) is 53.3 Å². The van der Waals surface area contributed by atoms with Gasteiger partial charge in [0, 0.05) is 35.1 Å². The van der Waals surface area contributed by atoms with Gasteiger partial charge in [0.2, 0.25) is 0 Å². The van der Waals surface area contributed by atoms with E-state index in [0.29, 0.717) is 52.9 Å². The summed E-state index contributed by atoms with van der Waals surface area (Å²) in [7, 11) is 3.72. The number of halogens is 2. The van der Waals surface area contributed by atoms with Crippen LogP contribution in [0, 0.1) is 6.92 Å². The summed E-state index contributed by atoms with van der Waals surface area (Å²) in [5.41, 5.74) is 1.11. The highest BCUT2D eigenvalue weighted by Crippen LogP contribution is 2.36. The molecule has 0 spiro atoms. The van der Waals surface area contributed by atoms with Crippen LogP contribution in [0.2, 0.25) is 0 Å². The largest absolute Gasteiger partial charge is 0.493 e. The number of likely N-dealkylation sites (tertiary alicyclic amines) is 1. The Morgan fingerprint density at radius 2 is 1.97 bits per heavy atom. The van der Waals surface area contributed by atoms with Gasteiger partial charge in [0.25, 0.3) is 5.92 Å². The molecule has 1 aromatic heterocycles. The number of nitrogens with one attached hydrogen (secondary N) is 1. The molecule has 3 atom stereocenters. The molecule has 0 bridgehead atoms. The van der Waals surface area contributed by atoms with E-state index in [1.54, 1.807) is 26.2 Å². The summed E-state index contributed by atoms with van der Waals surface area (Å²) in [6.07, 6.45) is 2.22. The summed E-state index contributed by atoms with van der Waals surface area (Å²) in [4.78, 5) is 11.5. The minimum atomic E-state index is -3.30. The Kier molecular flexibility index (Phi) is 7.61. The van der Waals surface area contributed by atoms with Gasteiger partial charge in [-0.25, -0.2) is 9.97 Å². The van der Waals surface area contributed by atoms with Crippen LogP contribution in [0.5, 0.6) is 11.5 Å². The van der Waals surface area contributed by atoms with Crippen LogP contribution < -0.4 is 14.8 Å². The molecule has 36 heavy (non-hydrogen) atoms. The number of aliphatic hydroxyl groups excluding tert-OH is 1. The number of aliphatic hydroxyl groups is 1. The summed E-state index contributed by atoms with van der Waals surface area (Å²) in [6, 6.07) is 10.3. The lowest BCUT2D eigenvalue weighted by atomic mass is 10.0. The predicted molar refractivity (Wildman–Crippen MR) is 136 cm³/mol. The maximum atomic E-state index is 14.0. The van der Waals surface area contributed by atoms with Crippen molar-refractivity contribution in [2.24, 2.45) is 0 Å². The van der Waals surface area contributed by atoms with E-state index in [1.807, 2.05) is 19.1 Å². The number of hydrogen-bond acceptors (Lipinski definition) is 7. The molecule has 0 aliphatic carbocycles. The first kappa shape index (κ1) is 26.0. The summed E-state index contributed by atoms with van der Waals surface area (Å²) < 4.78 is 39.9. The average molecular weight is 501 g/mol. The molecule has 0 unspecified atom stereocenters. The minimum Gasteiger partial charge on any atom is -0.493 e. The van der Waals surface area contributed by atoms with E-state index in [2.05, 4.69) is 34.2 Å². The second kappa shape index (κ2) is 10.5. The van der Waals surface area contributed by atoms with Crippen LogP contribution in [0.15, 0.2) is 36.4 Å². The van der Waals surface area contributed by atoms with Crippen molar-refractivity contribution in [1.29, 1.82) is 0 Å². The quantitative estimate of drug-likeness (QED) is 0.425. The van der Waals surface area contributed by atoms with Crippen LogP contribution >= 0.6 is 0 Å². The van der Waals surface area contributed by atoms with Crippen LogP contribution in [0.1, 0.15) is 49.7 Å². The van der Waals surface area contributed by atoms with E-state index >= 15 is 0 Å². The summed E-state index contributed by atoms with van der Waals surface area (Å²) in [5.74, 6) is -0.974. The first-order valence-corrected chi connectivity index (χ1v) is 12.2.